The van der Waals surface area contributed by atoms with Crippen LogP contribution in [0.2, 0.25) is 0 Å². The van der Waals surface area contributed by atoms with E-state index in [1.54, 1.807) is 0 Å². The second kappa shape index (κ2) is 5.30. The van der Waals surface area contributed by atoms with Gasteiger partial charge in [-0.05, 0) is 12.1 Å². The first-order valence-electron chi connectivity index (χ1n) is 5.62. The van der Waals surface area contributed by atoms with Crippen LogP contribution in [0.5, 0.6) is 0 Å². The molecule has 2 aromatic carbocycles. The van der Waals surface area contributed by atoms with Crippen molar-refractivity contribution in [3.05, 3.63) is 66.2 Å². The minimum atomic E-state index is 0.136. The summed E-state index contributed by atoms with van der Waals surface area (Å²) in [4.78, 5) is 13.9. The van der Waals surface area contributed by atoms with Crippen LogP contribution in [-0.4, -0.2) is 19.4 Å². The van der Waals surface area contributed by atoms with E-state index in [0.717, 1.165) is 11.3 Å². The molecule has 0 fully saturated rings. The van der Waals surface area contributed by atoms with Crippen molar-refractivity contribution in [1.29, 1.82) is 0 Å². The smallest absolute Gasteiger partial charge is 0.182 e. The van der Waals surface area contributed by atoms with E-state index in [0.29, 0.717) is 6.54 Å². The van der Waals surface area contributed by atoms with Gasteiger partial charge >= 0.3 is 0 Å². The first-order valence-corrected chi connectivity index (χ1v) is 5.62. The quantitative estimate of drug-likeness (QED) is 0.745. The highest BCUT2D eigenvalue weighted by molar-refractivity contribution is 5.99. The lowest BCUT2D eigenvalue weighted by Gasteiger charge is -2.18. The number of ketones is 1. The first-order chi connectivity index (χ1) is 8.27. The van der Waals surface area contributed by atoms with Crippen molar-refractivity contribution in [3.8, 4) is 0 Å². The van der Waals surface area contributed by atoms with Crippen LogP contribution in [0.15, 0.2) is 60.7 Å². The van der Waals surface area contributed by atoms with Gasteiger partial charge < -0.3 is 4.90 Å². The third kappa shape index (κ3) is 2.94. The highest BCUT2D eigenvalue weighted by Gasteiger charge is 2.08. The Labute approximate surface area is 102 Å². The van der Waals surface area contributed by atoms with Gasteiger partial charge in [-0.3, -0.25) is 4.79 Å². The summed E-state index contributed by atoms with van der Waals surface area (Å²) in [5.74, 6) is 0.136. The number of likely N-dealkylation sites (N-methyl/N-ethyl adjacent to an activating group) is 1. The molecule has 0 aliphatic carbocycles. The lowest BCUT2D eigenvalue weighted by Crippen LogP contribution is -2.25. The van der Waals surface area contributed by atoms with Gasteiger partial charge in [-0.25, -0.2) is 0 Å². The monoisotopic (exact) mass is 225 g/mol. The van der Waals surface area contributed by atoms with E-state index in [1.807, 2.05) is 72.6 Å². The second-order valence-corrected chi connectivity index (χ2v) is 3.98. The summed E-state index contributed by atoms with van der Waals surface area (Å²) in [5.41, 5.74) is 1.81. The van der Waals surface area contributed by atoms with Crippen LogP contribution in [0, 0.1) is 0 Å². The predicted octanol–water partition coefficient (Wildman–Crippen LogP) is 3.01. The average molecular weight is 225 g/mol. The number of anilines is 1. The van der Waals surface area contributed by atoms with E-state index in [9.17, 15) is 4.79 Å². The molecule has 0 aliphatic heterocycles. The number of hydrogen-bond acceptors (Lipinski definition) is 2. The maximum absolute atomic E-state index is 12.0. The van der Waals surface area contributed by atoms with Gasteiger partial charge in [0.05, 0.1) is 6.54 Å². The second-order valence-electron chi connectivity index (χ2n) is 3.98. The normalized spacial score (nSPS) is 9.94. The molecule has 0 aromatic heterocycles. The van der Waals surface area contributed by atoms with Gasteiger partial charge in [0.25, 0.3) is 0 Å². The SMILES string of the molecule is CN(CC(=O)c1ccccc1)c1ccccc1. The molecule has 0 spiro atoms. The van der Waals surface area contributed by atoms with Crippen molar-refractivity contribution in [1.82, 2.24) is 0 Å². The van der Waals surface area contributed by atoms with Crippen LogP contribution in [0.4, 0.5) is 5.69 Å². The molecule has 0 saturated carbocycles. The first kappa shape index (κ1) is 11.4. The Bertz CT molecular complexity index is 479. The van der Waals surface area contributed by atoms with Gasteiger partial charge in [-0.2, -0.15) is 0 Å². The fourth-order valence-corrected chi connectivity index (χ4v) is 1.70. The van der Waals surface area contributed by atoms with Gasteiger partial charge in [-0.15, -0.1) is 0 Å². The number of rotatable bonds is 4. The van der Waals surface area contributed by atoms with Crippen LogP contribution in [0.3, 0.4) is 0 Å². The zero-order chi connectivity index (χ0) is 12.1. The Morgan fingerprint density at radius 2 is 1.47 bits per heavy atom. The number of hydrogen-bond donors (Lipinski definition) is 0. The summed E-state index contributed by atoms with van der Waals surface area (Å²) in [7, 11) is 1.93. The topological polar surface area (TPSA) is 20.3 Å². The molecule has 86 valence electrons. The molecule has 0 bridgehead atoms. The van der Waals surface area contributed by atoms with Crippen LogP contribution < -0.4 is 4.90 Å². The lowest BCUT2D eigenvalue weighted by atomic mass is 10.1. The van der Waals surface area contributed by atoms with E-state index >= 15 is 0 Å². The number of Topliss-reactive ketones (excluding diaryl/α,β-unsaturated/α-hetero) is 1. The molecule has 0 unspecified atom stereocenters. The molecular weight excluding hydrogens is 210 g/mol. The van der Waals surface area contributed by atoms with Crippen molar-refractivity contribution in [2.24, 2.45) is 0 Å². The summed E-state index contributed by atoms with van der Waals surface area (Å²) in [6.45, 7) is 0.397. The number of nitrogens with zero attached hydrogens (tertiary/aromatic N) is 1. The standard InChI is InChI=1S/C15H15NO/c1-16(14-10-6-3-7-11-14)12-15(17)13-8-4-2-5-9-13/h2-11H,12H2,1H3. The Morgan fingerprint density at radius 3 is 2.06 bits per heavy atom. The van der Waals surface area contributed by atoms with E-state index < -0.39 is 0 Å². The molecule has 0 N–H and O–H groups in total. The fraction of sp³-hybridized carbons (Fsp3) is 0.133. The Kier molecular flexibility index (Phi) is 3.55. The van der Waals surface area contributed by atoms with E-state index in [4.69, 9.17) is 0 Å². The van der Waals surface area contributed by atoms with Crippen LogP contribution in [0.1, 0.15) is 10.4 Å². The Balaban J connectivity index is 2.05. The molecule has 2 aromatic rings. The lowest BCUT2D eigenvalue weighted by molar-refractivity contribution is 0.100. The Morgan fingerprint density at radius 1 is 0.941 bits per heavy atom. The fourth-order valence-electron chi connectivity index (χ4n) is 1.70. The van der Waals surface area contributed by atoms with Gasteiger partial charge in [0.1, 0.15) is 0 Å². The molecule has 2 heteroatoms. The van der Waals surface area contributed by atoms with Crippen LogP contribution in [-0.2, 0) is 0 Å². The summed E-state index contributed by atoms with van der Waals surface area (Å²) >= 11 is 0. The number of para-hydroxylation sites is 1. The molecule has 0 saturated heterocycles. The highest BCUT2D eigenvalue weighted by Crippen LogP contribution is 2.11. The number of benzene rings is 2. The summed E-state index contributed by atoms with van der Waals surface area (Å²) in [6.07, 6.45) is 0. The minimum absolute atomic E-state index is 0.136. The molecular formula is C15H15NO. The molecule has 0 radical (unpaired) electrons. The summed E-state index contributed by atoms with van der Waals surface area (Å²) in [5, 5.41) is 0. The van der Waals surface area contributed by atoms with Crippen molar-refractivity contribution >= 4 is 11.5 Å². The molecule has 0 aliphatic rings. The number of carbonyl (C=O) groups excluding carboxylic acids is 1. The Hall–Kier alpha value is -2.09. The van der Waals surface area contributed by atoms with E-state index in [1.165, 1.54) is 0 Å². The van der Waals surface area contributed by atoms with Crippen molar-refractivity contribution < 1.29 is 4.79 Å². The third-order valence-electron chi connectivity index (χ3n) is 2.67. The summed E-state index contributed by atoms with van der Waals surface area (Å²) in [6, 6.07) is 19.3. The highest BCUT2D eigenvalue weighted by atomic mass is 16.1. The van der Waals surface area contributed by atoms with Crippen molar-refractivity contribution in [3.63, 3.8) is 0 Å². The minimum Gasteiger partial charge on any atom is -0.367 e. The maximum Gasteiger partial charge on any atom is 0.182 e. The molecule has 17 heavy (non-hydrogen) atoms. The van der Waals surface area contributed by atoms with Gasteiger partial charge in [-0.1, -0.05) is 48.5 Å². The van der Waals surface area contributed by atoms with E-state index in [-0.39, 0.29) is 5.78 Å². The number of carbonyl (C=O) groups is 1. The molecule has 0 atom stereocenters. The van der Waals surface area contributed by atoms with Crippen molar-refractivity contribution in [2.45, 2.75) is 0 Å². The van der Waals surface area contributed by atoms with Gasteiger partial charge in [0.15, 0.2) is 5.78 Å². The third-order valence-corrected chi connectivity index (χ3v) is 2.67. The molecule has 2 rings (SSSR count). The molecule has 0 amide bonds. The molecule has 0 heterocycles. The largest absolute Gasteiger partial charge is 0.367 e. The van der Waals surface area contributed by atoms with Crippen molar-refractivity contribution in [2.75, 3.05) is 18.5 Å². The van der Waals surface area contributed by atoms with Gasteiger partial charge in [0.2, 0.25) is 0 Å². The van der Waals surface area contributed by atoms with Crippen LogP contribution >= 0.6 is 0 Å². The van der Waals surface area contributed by atoms with Gasteiger partial charge in [0, 0.05) is 18.3 Å². The van der Waals surface area contributed by atoms with E-state index in [2.05, 4.69) is 0 Å². The summed E-state index contributed by atoms with van der Waals surface area (Å²) < 4.78 is 0. The zero-order valence-electron chi connectivity index (χ0n) is 9.84. The average Bonchev–Trinajstić information content (AvgIpc) is 2.40. The molecule has 2 nitrogen and oxygen atoms in total. The van der Waals surface area contributed by atoms with Crippen LogP contribution in [0.25, 0.3) is 0 Å². The predicted molar refractivity (Wildman–Crippen MR) is 70.5 cm³/mol. The zero-order valence-corrected chi connectivity index (χ0v) is 9.84. The maximum atomic E-state index is 12.0.